The summed E-state index contributed by atoms with van der Waals surface area (Å²) in [5.74, 6) is -0.603. The Hall–Kier alpha value is -0.550. The number of carbonyl (C=O) groups excluding carboxylic acids is 1. The molecule has 1 N–H and O–H groups in total. The molecule has 1 aromatic carbocycles. The summed E-state index contributed by atoms with van der Waals surface area (Å²) in [6.07, 6.45) is 1.75. The van der Waals surface area contributed by atoms with Gasteiger partial charge >= 0.3 is 0 Å². The number of amides is 1. The molecular weight excluding hydrogens is 257 g/mol. The third-order valence-electron chi connectivity index (χ3n) is 1.38. The summed E-state index contributed by atoms with van der Waals surface area (Å²) in [5, 5.41) is 0. The number of rotatable bonds is 2. The quantitative estimate of drug-likeness (QED) is 0.832. The lowest BCUT2D eigenvalue weighted by atomic mass is 10.2. The van der Waals surface area contributed by atoms with E-state index in [-0.39, 0.29) is 11.7 Å². The van der Waals surface area contributed by atoms with Crippen LogP contribution in [0, 0.1) is 5.82 Å². The van der Waals surface area contributed by atoms with Crippen LogP contribution in [0.3, 0.4) is 0 Å². The van der Waals surface area contributed by atoms with E-state index in [4.69, 9.17) is 0 Å². The molecule has 0 fully saturated rings. The van der Waals surface area contributed by atoms with E-state index in [0.29, 0.717) is 10.0 Å². The first-order valence-electron chi connectivity index (χ1n) is 3.43. The van der Waals surface area contributed by atoms with Gasteiger partial charge in [0.25, 0.3) is 5.91 Å². The van der Waals surface area contributed by atoms with E-state index >= 15 is 0 Å². The highest BCUT2D eigenvalue weighted by Crippen LogP contribution is 2.16. The highest BCUT2D eigenvalue weighted by atomic mass is 79.9. The molecule has 1 aromatic rings. The molecule has 0 unspecified atom stereocenters. The Labute approximate surface area is 88.2 Å². The van der Waals surface area contributed by atoms with Gasteiger partial charge in [-0.1, -0.05) is 11.9 Å². The topological polar surface area (TPSA) is 29.1 Å². The summed E-state index contributed by atoms with van der Waals surface area (Å²) in [6.45, 7) is 0. The Kier molecular flexibility index (Phi) is 3.74. The highest BCUT2D eigenvalue weighted by Gasteiger charge is 2.06. The van der Waals surface area contributed by atoms with Gasteiger partial charge in [-0.2, -0.15) is 0 Å². The minimum atomic E-state index is -0.374. The van der Waals surface area contributed by atoms with E-state index in [1.165, 1.54) is 30.1 Å². The number of halogens is 2. The maximum atomic E-state index is 12.8. The van der Waals surface area contributed by atoms with Crippen molar-refractivity contribution in [2.75, 3.05) is 6.26 Å². The van der Waals surface area contributed by atoms with Crippen LogP contribution in [0.4, 0.5) is 4.39 Å². The molecule has 0 heterocycles. The second-order valence-electron chi connectivity index (χ2n) is 2.26. The zero-order valence-electron chi connectivity index (χ0n) is 6.80. The molecule has 0 radical (unpaired) electrons. The summed E-state index contributed by atoms with van der Waals surface area (Å²) in [7, 11) is 0. The van der Waals surface area contributed by atoms with Gasteiger partial charge in [-0.3, -0.25) is 9.52 Å². The van der Waals surface area contributed by atoms with Crippen LogP contribution in [0.15, 0.2) is 22.7 Å². The van der Waals surface area contributed by atoms with Crippen LogP contribution < -0.4 is 4.72 Å². The zero-order chi connectivity index (χ0) is 9.84. The van der Waals surface area contributed by atoms with Crippen molar-refractivity contribution in [2.45, 2.75) is 0 Å². The largest absolute Gasteiger partial charge is 0.296 e. The molecule has 0 saturated heterocycles. The molecule has 0 bridgehead atoms. The summed E-state index contributed by atoms with van der Waals surface area (Å²) in [4.78, 5) is 11.2. The first kappa shape index (κ1) is 10.5. The Morgan fingerprint density at radius 2 is 2.31 bits per heavy atom. The second-order valence-corrected chi connectivity index (χ2v) is 3.73. The minimum absolute atomic E-state index is 0.229. The van der Waals surface area contributed by atoms with Crippen LogP contribution >= 0.6 is 27.9 Å². The molecule has 0 aliphatic heterocycles. The standard InChI is InChI=1S/C8H7BrFNOS/c1-13-11-8(12)5-2-3-7(10)6(9)4-5/h2-4H,1H3,(H,11,12). The molecule has 1 amide bonds. The summed E-state index contributed by atoms with van der Waals surface area (Å²) in [6, 6.07) is 4.13. The van der Waals surface area contributed by atoms with Gasteiger partial charge in [-0.05, 0) is 34.1 Å². The van der Waals surface area contributed by atoms with E-state index in [1.807, 2.05) is 0 Å². The zero-order valence-corrected chi connectivity index (χ0v) is 9.21. The molecule has 0 aromatic heterocycles. The monoisotopic (exact) mass is 263 g/mol. The third-order valence-corrected chi connectivity index (χ3v) is 2.37. The molecule has 70 valence electrons. The summed E-state index contributed by atoms with van der Waals surface area (Å²) in [5.41, 5.74) is 0.433. The fraction of sp³-hybridized carbons (Fsp3) is 0.125. The van der Waals surface area contributed by atoms with Gasteiger partial charge in [-0.15, -0.1) is 0 Å². The summed E-state index contributed by atoms with van der Waals surface area (Å²) < 4.78 is 15.6. The average molecular weight is 264 g/mol. The molecule has 0 aliphatic carbocycles. The van der Waals surface area contributed by atoms with E-state index in [0.717, 1.165) is 0 Å². The predicted octanol–water partition coefficient (Wildman–Crippen LogP) is 2.60. The van der Waals surface area contributed by atoms with E-state index in [9.17, 15) is 9.18 Å². The van der Waals surface area contributed by atoms with Crippen molar-refractivity contribution >= 4 is 33.8 Å². The van der Waals surface area contributed by atoms with Crippen LogP contribution in [0.25, 0.3) is 0 Å². The van der Waals surface area contributed by atoms with Gasteiger partial charge in [0.2, 0.25) is 0 Å². The van der Waals surface area contributed by atoms with Gasteiger partial charge < -0.3 is 0 Å². The molecule has 0 aliphatic rings. The highest BCUT2D eigenvalue weighted by molar-refractivity contribution is 9.10. The van der Waals surface area contributed by atoms with Gasteiger partial charge in [0.15, 0.2) is 0 Å². The second kappa shape index (κ2) is 4.62. The van der Waals surface area contributed by atoms with Crippen molar-refractivity contribution in [3.05, 3.63) is 34.1 Å². The van der Waals surface area contributed by atoms with Crippen molar-refractivity contribution in [1.29, 1.82) is 0 Å². The first-order valence-corrected chi connectivity index (χ1v) is 5.45. The fourth-order valence-electron chi connectivity index (χ4n) is 0.789. The lowest BCUT2D eigenvalue weighted by molar-refractivity contribution is 0.0984. The predicted molar refractivity (Wildman–Crippen MR) is 55.1 cm³/mol. The van der Waals surface area contributed by atoms with Crippen LogP contribution in [-0.2, 0) is 0 Å². The number of carbonyl (C=O) groups is 1. The number of benzene rings is 1. The number of hydrogen-bond acceptors (Lipinski definition) is 2. The van der Waals surface area contributed by atoms with Crippen molar-refractivity contribution in [2.24, 2.45) is 0 Å². The molecule has 0 atom stereocenters. The van der Waals surface area contributed by atoms with Gasteiger partial charge in [0.05, 0.1) is 4.47 Å². The Morgan fingerprint density at radius 3 is 2.85 bits per heavy atom. The molecule has 0 spiro atoms. The maximum Gasteiger partial charge on any atom is 0.261 e. The number of hydrogen-bond donors (Lipinski definition) is 1. The third kappa shape index (κ3) is 2.70. The van der Waals surface area contributed by atoms with Crippen molar-refractivity contribution in [3.63, 3.8) is 0 Å². The molecule has 13 heavy (non-hydrogen) atoms. The molecule has 0 saturated carbocycles. The van der Waals surface area contributed by atoms with Crippen molar-refractivity contribution < 1.29 is 9.18 Å². The molecule has 5 heteroatoms. The first-order chi connectivity index (χ1) is 6.15. The van der Waals surface area contributed by atoms with Gasteiger partial charge in [0.1, 0.15) is 5.82 Å². The van der Waals surface area contributed by atoms with Crippen LogP contribution in [0.1, 0.15) is 10.4 Å². The Balaban J connectivity index is 2.90. The van der Waals surface area contributed by atoms with Gasteiger partial charge in [-0.25, -0.2) is 4.39 Å². The van der Waals surface area contributed by atoms with Crippen LogP contribution in [-0.4, -0.2) is 12.2 Å². The average Bonchev–Trinajstić information content (AvgIpc) is 2.10. The SMILES string of the molecule is CSNC(=O)c1ccc(F)c(Br)c1. The lowest BCUT2D eigenvalue weighted by Crippen LogP contribution is -2.15. The molecule has 2 nitrogen and oxygen atoms in total. The molecular formula is C8H7BrFNOS. The van der Waals surface area contributed by atoms with E-state index in [1.54, 1.807) is 6.26 Å². The van der Waals surface area contributed by atoms with Gasteiger partial charge in [0, 0.05) is 11.8 Å². The Morgan fingerprint density at radius 1 is 1.62 bits per heavy atom. The van der Waals surface area contributed by atoms with E-state index in [2.05, 4.69) is 20.7 Å². The summed E-state index contributed by atoms with van der Waals surface area (Å²) >= 11 is 4.21. The van der Waals surface area contributed by atoms with Crippen molar-refractivity contribution in [3.8, 4) is 0 Å². The van der Waals surface area contributed by atoms with Crippen molar-refractivity contribution in [1.82, 2.24) is 4.72 Å². The number of nitrogens with one attached hydrogen (secondary N) is 1. The van der Waals surface area contributed by atoms with Crippen LogP contribution in [0.2, 0.25) is 0 Å². The van der Waals surface area contributed by atoms with Crippen LogP contribution in [0.5, 0.6) is 0 Å². The van der Waals surface area contributed by atoms with E-state index < -0.39 is 0 Å². The maximum absolute atomic E-state index is 12.8. The normalized spacial score (nSPS) is 9.77. The molecule has 1 rings (SSSR count). The Bertz CT molecular complexity index is 332. The fourth-order valence-corrected chi connectivity index (χ4v) is 1.47. The lowest BCUT2D eigenvalue weighted by Gasteiger charge is -2.01. The minimum Gasteiger partial charge on any atom is -0.296 e. The smallest absolute Gasteiger partial charge is 0.261 e.